The molecule has 2 aromatic rings. The lowest BCUT2D eigenvalue weighted by Gasteiger charge is -2.58. The molecule has 0 radical (unpaired) electrons. The number of rotatable bonds is 10. The number of carboxylic acids is 2. The Labute approximate surface area is 297 Å². The van der Waals surface area contributed by atoms with E-state index in [1.807, 2.05) is 15.2 Å². The maximum atomic E-state index is 14.1. The van der Waals surface area contributed by atoms with Crippen molar-refractivity contribution in [3.8, 4) is 0 Å². The number of hydrogen-bond donors (Lipinski definition) is 2. The van der Waals surface area contributed by atoms with E-state index in [9.17, 15) is 24.6 Å². The van der Waals surface area contributed by atoms with E-state index in [4.69, 9.17) is 23.2 Å². The zero-order valence-corrected chi connectivity index (χ0v) is 30.3. The van der Waals surface area contributed by atoms with Crippen LogP contribution in [0, 0.1) is 10.8 Å². The van der Waals surface area contributed by atoms with Gasteiger partial charge in [-0.05, 0) is 70.2 Å². The molecule has 2 N–H and O–H groups in total. The van der Waals surface area contributed by atoms with Gasteiger partial charge in [0.05, 0.1) is 22.4 Å². The molecule has 5 heterocycles. The Morgan fingerprint density at radius 2 is 1.65 bits per heavy atom. The molecule has 6 atom stereocenters. The van der Waals surface area contributed by atoms with Crippen LogP contribution in [0.25, 0.3) is 0 Å². The summed E-state index contributed by atoms with van der Waals surface area (Å²) in [7, 11) is 2.25. The molecule has 1 aromatic heterocycles. The van der Waals surface area contributed by atoms with Crippen LogP contribution in [-0.2, 0) is 20.8 Å². The standard InChI is InChI=1S/C35H47Cl2N5O5S/c1-4-35(33(46)47)21-42(20-29(43)41-15-13-40(14-16-41)24-18-22-8-9-23(19-24)39(22)3)27(10-11-28-38-12-17-48-28)34(2,32(44)45)31(35)30-25(36)6-5-7-26(30)37/h5-7,12,17,22-24,27,31H,4,8-11,13-16,18-21H2,1-3H3,(H,44,45)(H,46,47). The number of benzene rings is 1. The third kappa shape index (κ3) is 6.28. The fraction of sp³-hybridized carbons (Fsp3) is 0.657. The van der Waals surface area contributed by atoms with Crippen LogP contribution in [0.5, 0.6) is 0 Å². The first kappa shape index (κ1) is 35.5. The third-order valence-corrected chi connectivity index (χ3v) is 13.8. The van der Waals surface area contributed by atoms with Gasteiger partial charge in [0.25, 0.3) is 0 Å². The van der Waals surface area contributed by atoms with Gasteiger partial charge in [0.2, 0.25) is 5.91 Å². The van der Waals surface area contributed by atoms with E-state index in [0.717, 1.165) is 18.1 Å². The molecule has 4 fully saturated rings. The number of carboxylic acid groups (broad SMARTS) is 2. The van der Waals surface area contributed by atoms with Crippen LogP contribution in [0.4, 0.5) is 0 Å². The summed E-state index contributed by atoms with van der Waals surface area (Å²) in [5, 5.41) is 25.3. The summed E-state index contributed by atoms with van der Waals surface area (Å²) in [6, 6.07) is 6.07. The number of halogens is 2. The average molecular weight is 721 g/mol. The van der Waals surface area contributed by atoms with E-state index in [2.05, 4.69) is 21.8 Å². The summed E-state index contributed by atoms with van der Waals surface area (Å²) in [5.74, 6) is -3.44. The SMILES string of the molecule is CCC1(C(=O)O)CN(CC(=O)N2CCN(C3CC4CCC(C3)N4C)CC2)C(CCc2nccs2)C(C)(C(=O)O)C1c1c(Cl)cccc1Cl. The number of piperazine rings is 1. The Hall–Kier alpha value is -2.28. The van der Waals surface area contributed by atoms with Crippen molar-refractivity contribution in [2.24, 2.45) is 10.8 Å². The number of piperidine rings is 2. The number of aromatic nitrogens is 1. The monoisotopic (exact) mass is 719 g/mol. The van der Waals surface area contributed by atoms with Crippen molar-refractivity contribution in [2.45, 2.75) is 88.9 Å². The number of thiazole rings is 1. The van der Waals surface area contributed by atoms with E-state index in [1.54, 1.807) is 38.2 Å². The van der Waals surface area contributed by atoms with Gasteiger partial charge in [-0.1, -0.05) is 36.2 Å². The Balaban J connectivity index is 1.29. The quantitative estimate of drug-likeness (QED) is 0.342. The van der Waals surface area contributed by atoms with Crippen LogP contribution >= 0.6 is 34.5 Å². The van der Waals surface area contributed by atoms with Crippen LogP contribution in [0.3, 0.4) is 0 Å². The van der Waals surface area contributed by atoms with Gasteiger partial charge < -0.3 is 20.0 Å². The highest BCUT2D eigenvalue weighted by molar-refractivity contribution is 7.09. The molecule has 48 heavy (non-hydrogen) atoms. The fourth-order valence-electron chi connectivity index (χ4n) is 9.57. The number of carbonyl (C=O) groups excluding carboxylic acids is 1. The van der Waals surface area contributed by atoms with Gasteiger partial charge in [-0.3, -0.25) is 24.2 Å². The molecule has 0 spiro atoms. The zero-order chi connectivity index (χ0) is 34.4. The van der Waals surface area contributed by atoms with Crippen molar-refractivity contribution in [3.05, 3.63) is 50.4 Å². The summed E-state index contributed by atoms with van der Waals surface area (Å²) in [6.07, 6.45) is 7.58. The molecule has 10 nitrogen and oxygen atoms in total. The topological polar surface area (TPSA) is 118 Å². The van der Waals surface area contributed by atoms with Crippen LogP contribution in [0.1, 0.15) is 68.9 Å². The second kappa shape index (κ2) is 14.2. The highest BCUT2D eigenvalue weighted by atomic mass is 35.5. The molecule has 2 bridgehead atoms. The fourth-order valence-corrected chi connectivity index (χ4v) is 10.8. The van der Waals surface area contributed by atoms with E-state index in [-0.39, 0.29) is 35.5 Å². The lowest BCUT2D eigenvalue weighted by molar-refractivity contribution is -0.181. The van der Waals surface area contributed by atoms with Gasteiger partial charge in [0.15, 0.2) is 0 Å². The summed E-state index contributed by atoms with van der Waals surface area (Å²) in [6.45, 7) is 6.11. The van der Waals surface area contributed by atoms with Crippen LogP contribution in [0.15, 0.2) is 29.8 Å². The number of carbonyl (C=O) groups is 3. The molecule has 0 aliphatic carbocycles. The van der Waals surface area contributed by atoms with Gasteiger partial charge >= 0.3 is 11.9 Å². The molecular weight excluding hydrogens is 673 g/mol. The van der Waals surface area contributed by atoms with Crippen molar-refractivity contribution in [3.63, 3.8) is 0 Å². The Morgan fingerprint density at radius 3 is 2.19 bits per heavy atom. The highest BCUT2D eigenvalue weighted by Crippen LogP contribution is 2.60. The number of amides is 1. The van der Waals surface area contributed by atoms with E-state index >= 15 is 0 Å². The minimum Gasteiger partial charge on any atom is -0.481 e. The van der Waals surface area contributed by atoms with Gasteiger partial charge in [-0.25, -0.2) is 4.98 Å². The van der Waals surface area contributed by atoms with Crippen molar-refractivity contribution in [2.75, 3.05) is 46.3 Å². The largest absolute Gasteiger partial charge is 0.481 e. The summed E-state index contributed by atoms with van der Waals surface area (Å²) in [4.78, 5) is 54.4. The molecule has 6 rings (SSSR count). The summed E-state index contributed by atoms with van der Waals surface area (Å²) < 4.78 is 0. The maximum Gasteiger partial charge on any atom is 0.311 e. The molecule has 4 saturated heterocycles. The highest BCUT2D eigenvalue weighted by Gasteiger charge is 2.65. The molecule has 4 aliphatic rings. The minimum atomic E-state index is -1.66. The lowest BCUT2D eigenvalue weighted by atomic mass is 9.52. The van der Waals surface area contributed by atoms with E-state index in [0.29, 0.717) is 49.6 Å². The second-order valence-corrected chi connectivity index (χ2v) is 16.2. The number of fused-ring (bicyclic) bond motifs is 2. The molecule has 262 valence electrons. The molecule has 1 aromatic carbocycles. The Kier molecular flexibility index (Phi) is 10.5. The molecule has 0 saturated carbocycles. The summed E-state index contributed by atoms with van der Waals surface area (Å²) in [5.41, 5.74) is -2.91. The van der Waals surface area contributed by atoms with E-state index < -0.39 is 34.7 Å². The molecular formula is C35H47Cl2N5O5S. The van der Waals surface area contributed by atoms with Crippen molar-refractivity contribution >= 4 is 52.4 Å². The first-order chi connectivity index (χ1) is 22.9. The second-order valence-electron chi connectivity index (χ2n) is 14.4. The van der Waals surface area contributed by atoms with Gasteiger partial charge in [-0.2, -0.15) is 0 Å². The van der Waals surface area contributed by atoms with Gasteiger partial charge in [0, 0.05) is 90.9 Å². The molecule has 4 aliphatic heterocycles. The number of aliphatic carboxylic acids is 2. The van der Waals surface area contributed by atoms with E-state index in [1.165, 1.54) is 37.0 Å². The Bertz CT molecular complexity index is 1470. The lowest BCUT2D eigenvalue weighted by Crippen LogP contribution is -2.68. The number of hydrogen-bond acceptors (Lipinski definition) is 8. The first-order valence-electron chi connectivity index (χ1n) is 17.2. The number of aryl methyl sites for hydroxylation is 1. The third-order valence-electron chi connectivity index (χ3n) is 12.3. The minimum absolute atomic E-state index is 0.0134. The molecule has 6 unspecified atom stereocenters. The maximum absolute atomic E-state index is 14.1. The van der Waals surface area contributed by atoms with Crippen LogP contribution < -0.4 is 0 Å². The van der Waals surface area contributed by atoms with Crippen LogP contribution in [0.2, 0.25) is 10.0 Å². The molecule has 13 heteroatoms. The van der Waals surface area contributed by atoms with Crippen molar-refractivity contribution in [1.29, 1.82) is 0 Å². The van der Waals surface area contributed by atoms with Crippen molar-refractivity contribution < 1.29 is 24.6 Å². The van der Waals surface area contributed by atoms with Crippen LogP contribution in [-0.4, -0.2) is 123 Å². The predicted octanol–water partition coefficient (Wildman–Crippen LogP) is 5.19. The van der Waals surface area contributed by atoms with Gasteiger partial charge in [0.1, 0.15) is 0 Å². The smallest absolute Gasteiger partial charge is 0.311 e. The predicted molar refractivity (Wildman–Crippen MR) is 187 cm³/mol. The molecule has 1 amide bonds. The number of likely N-dealkylation sites (tertiary alicyclic amines) is 1. The number of nitrogens with zero attached hydrogens (tertiary/aromatic N) is 5. The normalized spacial score (nSPS) is 33.2. The van der Waals surface area contributed by atoms with Crippen molar-refractivity contribution in [1.82, 2.24) is 24.6 Å². The first-order valence-corrected chi connectivity index (χ1v) is 18.8. The zero-order valence-electron chi connectivity index (χ0n) is 28.0. The average Bonchev–Trinajstić information content (AvgIpc) is 3.64. The van der Waals surface area contributed by atoms with Gasteiger partial charge in [-0.15, -0.1) is 11.3 Å². The summed E-state index contributed by atoms with van der Waals surface area (Å²) >= 11 is 15.0. The Morgan fingerprint density at radius 1 is 1.00 bits per heavy atom.